The van der Waals surface area contributed by atoms with Crippen LogP contribution in [-0.4, -0.2) is 24.1 Å². The first-order valence-electron chi connectivity index (χ1n) is 7.90. The molecule has 1 aromatic carbocycles. The molecule has 1 heteroatoms. The van der Waals surface area contributed by atoms with Crippen molar-refractivity contribution in [3.8, 4) is 0 Å². The normalized spacial score (nSPS) is 19.4. The molecule has 1 nitrogen and oxygen atoms in total. The van der Waals surface area contributed by atoms with Crippen molar-refractivity contribution >= 4 is 0 Å². The molecule has 0 unspecified atom stereocenters. The Kier molecular flexibility index (Phi) is 4.35. The van der Waals surface area contributed by atoms with E-state index in [0.29, 0.717) is 0 Å². The largest absolute Gasteiger partial charge is 0.320 e. The molecule has 1 aliphatic heterocycles. The van der Waals surface area contributed by atoms with Gasteiger partial charge in [-0.1, -0.05) is 39.0 Å². The summed E-state index contributed by atoms with van der Waals surface area (Å²) in [5, 5.41) is 0. The lowest BCUT2D eigenvalue weighted by molar-refractivity contribution is -0.943. The second-order valence-corrected chi connectivity index (χ2v) is 7.27. The van der Waals surface area contributed by atoms with Crippen molar-refractivity contribution in [2.45, 2.75) is 58.9 Å². The molecule has 0 radical (unpaired) electrons. The van der Waals surface area contributed by atoms with Gasteiger partial charge in [-0.15, -0.1) is 0 Å². The second-order valence-electron chi connectivity index (χ2n) is 7.27. The van der Waals surface area contributed by atoms with Crippen LogP contribution in [-0.2, 0) is 12.0 Å². The summed E-state index contributed by atoms with van der Waals surface area (Å²) in [4.78, 5) is 0. The molecule has 1 saturated heterocycles. The Labute approximate surface area is 119 Å². The lowest BCUT2D eigenvalue weighted by Crippen LogP contribution is -2.50. The molecule has 0 amide bonds. The number of likely N-dealkylation sites (tertiary alicyclic amines) is 1. The summed E-state index contributed by atoms with van der Waals surface area (Å²) in [5.74, 6) is 0. The molecule has 0 spiro atoms. The highest BCUT2D eigenvalue weighted by atomic mass is 15.3. The van der Waals surface area contributed by atoms with Gasteiger partial charge in [0.05, 0.1) is 19.6 Å². The maximum absolute atomic E-state index is 2.43. The van der Waals surface area contributed by atoms with Crippen molar-refractivity contribution in [2.75, 3.05) is 19.6 Å². The molecular weight excluding hydrogens is 230 g/mol. The van der Waals surface area contributed by atoms with Crippen molar-refractivity contribution in [3.63, 3.8) is 0 Å². The van der Waals surface area contributed by atoms with Gasteiger partial charge in [0.1, 0.15) is 6.54 Å². The predicted molar refractivity (Wildman–Crippen MR) is 83.2 cm³/mol. The second kappa shape index (κ2) is 5.66. The summed E-state index contributed by atoms with van der Waals surface area (Å²) in [7, 11) is 0. The van der Waals surface area contributed by atoms with Gasteiger partial charge >= 0.3 is 0 Å². The van der Waals surface area contributed by atoms with Crippen LogP contribution >= 0.6 is 0 Å². The Morgan fingerprint density at radius 3 is 2.32 bits per heavy atom. The number of hydrogen-bond donors (Lipinski definition) is 0. The van der Waals surface area contributed by atoms with Gasteiger partial charge in [-0.2, -0.15) is 0 Å². The van der Waals surface area contributed by atoms with Crippen molar-refractivity contribution in [2.24, 2.45) is 0 Å². The van der Waals surface area contributed by atoms with Crippen LogP contribution in [0.15, 0.2) is 24.3 Å². The molecule has 2 rings (SSSR count). The first-order valence-corrected chi connectivity index (χ1v) is 7.90. The highest BCUT2D eigenvalue weighted by Crippen LogP contribution is 2.26. The topological polar surface area (TPSA) is 0 Å². The van der Waals surface area contributed by atoms with Gasteiger partial charge in [-0.05, 0) is 43.2 Å². The third kappa shape index (κ3) is 3.60. The highest BCUT2D eigenvalue weighted by Gasteiger charge is 2.28. The SMILES string of the molecule is CC[N+]1(Cc2cccc(C(C)(C)C)c2)CCCCC1. The fourth-order valence-corrected chi connectivity index (χ4v) is 3.29. The summed E-state index contributed by atoms with van der Waals surface area (Å²) in [5.41, 5.74) is 3.25. The van der Waals surface area contributed by atoms with Crippen LogP contribution in [0, 0.1) is 0 Å². The summed E-state index contributed by atoms with van der Waals surface area (Å²) in [6, 6.07) is 9.27. The summed E-state index contributed by atoms with van der Waals surface area (Å²) in [6.07, 6.45) is 4.25. The molecule has 0 aromatic heterocycles. The van der Waals surface area contributed by atoms with E-state index >= 15 is 0 Å². The van der Waals surface area contributed by atoms with Crippen molar-refractivity contribution in [3.05, 3.63) is 35.4 Å². The molecule has 1 fully saturated rings. The molecule has 106 valence electrons. The number of benzene rings is 1. The van der Waals surface area contributed by atoms with Gasteiger partial charge in [0.2, 0.25) is 0 Å². The maximum atomic E-state index is 2.43. The standard InChI is InChI=1S/C18H30N/c1-5-19(12-7-6-8-13-19)15-16-10-9-11-17(14-16)18(2,3)4/h9-11,14H,5-8,12-13,15H2,1-4H3/q+1. The zero-order valence-corrected chi connectivity index (χ0v) is 13.2. The van der Waals surface area contributed by atoms with Crippen LogP contribution in [0.4, 0.5) is 0 Å². The average molecular weight is 260 g/mol. The molecule has 19 heavy (non-hydrogen) atoms. The minimum Gasteiger partial charge on any atom is -0.320 e. The Morgan fingerprint density at radius 1 is 1.05 bits per heavy atom. The first-order chi connectivity index (χ1) is 8.95. The minimum atomic E-state index is 0.259. The smallest absolute Gasteiger partial charge is 0.104 e. The van der Waals surface area contributed by atoms with E-state index in [1.165, 1.54) is 61.1 Å². The molecule has 1 heterocycles. The van der Waals surface area contributed by atoms with E-state index < -0.39 is 0 Å². The van der Waals surface area contributed by atoms with E-state index in [-0.39, 0.29) is 5.41 Å². The quantitative estimate of drug-likeness (QED) is 0.702. The van der Waals surface area contributed by atoms with Crippen LogP contribution < -0.4 is 0 Å². The van der Waals surface area contributed by atoms with E-state index in [0.717, 1.165) is 0 Å². The van der Waals surface area contributed by atoms with Crippen LogP contribution in [0.25, 0.3) is 0 Å². The van der Waals surface area contributed by atoms with E-state index in [4.69, 9.17) is 0 Å². The highest BCUT2D eigenvalue weighted by molar-refractivity contribution is 5.28. The summed E-state index contributed by atoms with van der Waals surface area (Å²) < 4.78 is 1.30. The third-order valence-electron chi connectivity index (χ3n) is 4.75. The number of quaternary nitrogens is 1. The molecule has 0 atom stereocenters. The fourth-order valence-electron chi connectivity index (χ4n) is 3.29. The monoisotopic (exact) mass is 260 g/mol. The van der Waals surface area contributed by atoms with Gasteiger partial charge in [-0.25, -0.2) is 0 Å². The zero-order chi connectivity index (χ0) is 13.9. The summed E-state index contributed by atoms with van der Waals surface area (Å²) in [6.45, 7) is 14.5. The van der Waals surface area contributed by atoms with Gasteiger partial charge < -0.3 is 4.48 Å². The number of piperidine rings is 1. The molecule has 0 bridgehead atoms. The number of nitrogens with zero attached hydrogens (tertiary/aromatic N) is 1. The van der Waals surface area contributed by atoms with Crippen LogP contribution in [0.2, 0.25) is 0 Å². The minimum absolute atomic E-state index is 0.259. The molecule has 0 aliphatic carbocycles. The molecule has 1 aliphatic rings. The average Bonchev–Trinajstić information content (AvgIpc) is 2.39. The van der Waals surface area contributed by atoms with E-state index in [2.05, 4.69) is 52.0 Å². The Morgan fingerprint density at radius 2 is 1.74 bits per heavy atom. The fraction of sp³-hybridized carbons (Fsp3) is 0.667. The summed E-state index contributed by atoms with van der Waals surface area (Å²) >= 11 is 0. The van der Waals surface area contributed by atoms with Gasteiger partial charge in [0.15, 0.2) is 0 Å². The predicted octanol–water partition coefficient (Wildman–Crippen LogP) is 4.50. The van der Waals surface area contributed by atoms with Crippen molar-refractivity contribution < 1.29 is 4.48 Å². The zero-order valence-electron chi connectivity index (χ0n) is 13.2. The van der Waals surface area contributed by atoms with Crippen LogP contribution in [0.3, 0.4) is 0 Å². The number of hydrogen-bond acceptors (Lipinski definition) is 0. The van der Waals surface area contributed by atoms with Crippen molar-refractivity contribution in [1.82, 2.24) is 0 Å². The number of rotatable bonds is 3. The van der Waals surface area contributed by atoms with Crippen LogP contribution in [0.5, 0.6) is 0 Å². The molecule has 1 aromatic rings. The molecule has 0 saturated carbocycles. The van der Waals surface area contributed by atoms with E-state index in [1.807, 2.05) is 0 Å². The van der Waals surface area contributed by atoms with E-state index in [1.54, 1.807) is 0 Å². The van der Waals surface area contributed by atoms with E-state index in [9.17, 15) is 0 Å². The van der Waals surface area contributed by atoms with Gasteiger partial charge in [0, 0.05) is 5.56 Å². The van der Waals surface area contributed by atoms with Crippen molar-refractivity contribution in [1.29, 1.82) is 0 Å². The van der Waals surface area contributed by atoms with Gasteiger partial charge in [-0.3, -0.25) is 0 Å². The van der Waals surface area contributed by atoms with Crippen LogP contribution in [0.1, 0.15) is 58.1 Å². The lowest BCUT2D eigenvalue weighted by Gasteiger charge is -2.41. The molecular formula is C18H30N+. The maximum Gasteiger partial charge on any atom is 0.104 e. The third-order valence-corrected chi connectivity index (χ3v) is 4.75. The Hall–Kier alpha value is -0.820. The molecule has 0 N–H and O–H groups in total. The van der Waals surface area contributed by atoms with Gasteiger partial charge in [0.25, 0.3) is 0 Å². The lowest BCUT2D eigenvalue weighted by atomic mass is 9.86. The first kappa shape index (κ1) is 14.6. The Balaban J connectivity index is 2.18. The Bertz CT molecular complexity index is 408.